The van der Waals surface area contributed by atoms with Crippen LogP contribution in [0.25, 0.3) is 6.08 Å². The molecule has 0 aliphatic carbocycles. The average Bonchev–Trinajstić information content (AvgIpc) is 3.01. The normalized spacial score (nSPS) is 14.7. The Balaban J connectivity index is 1.86. The first-order chi connectivity index (χ1) is 15.3. The lowest BCUT2D eigenvalue weighted by molar-refractivity contribution is -0.384. The van der Waals surface area contributed by atoms with Crippen LogP contribution < -0.4 is 9.47 Å². The summed E-state index contributed by atoms with van der Waals surface area (Å²) >= 11 is 7.26. The molecule has 0 radical (unpaired) electrons. The van der Waals surface area contributed by atoms with Gasteiger partial charge in [-0.25, -0.2) is 0 Å². The van der Waals surface area contributed by atoms with E-state index in [2.05, 4.69) is 6.58 Å². The van der Waals surface area contributed by atoms with Crippen LogP contribution >= 0.6 is 23.4 Å². The van der Waals surface area contributed by atoms with Crippen molar-refractivity contribution in [1.29, 1.82) is 0 Å². The maximum absolute atomic E-state index is 12.4. The summed E-state index contributed by atoms with van der Waals surface area (Å²) in [4.78, 5) is 36.3. The van der Waals surface area contributed by atoms with E-state index in [1.807, 2.05) is 0 Å². The highest BCUT2D eigenvalue weighted by atomic mass is 35.5. The zero-order valence-electron chi connectivity index (χ0n) is 17.1. The van der Waals surface area contributed by atoms with Crippen molar-refractivity contribution in [1.82, 2.24) is 4.90 Å². The molecule has 2 amide bonds. The number of nitro groups is 1. The number of nitro benzene ring substituents is 1. The van der Waals surface area contributed by atoms with Gasteiger partial charge in [0.25, 0.3) is 16.8 Å². The second kappa shape index (κ2) is 10.3. The van der Waals surface area contributed by atoms with Crippen LogP contribution in [0.2, 0.25) is 5.02 Å². The van der Waals surface area contributed by atoms with Crippen LogP contribution in [0.1, 0.15) is 18.1 Å². The van der Waals surface area contributed by atoms with Crippen molar-refractivity contribution < 1.29 is 24.0 Å². The molecule has 0 atom stereocenters. The van der Waals surface area contributed by atoms with Gasteiger partial charge in [-0.3, -0.25) is 24.6 Å². The number of non-ortho nitro benzene ring substituents is 1. The molecule has 1 fully saturated rings. The number of halogens is 1. The highest BCUT2D eigenvalue weighted by Gasteiger charge is 2.34. The number of carbonyl (C=O) groups is 2. The third kappa shape index (κ3) is 5.30. The number of hydrogen-bond donors (Lipinski definition) is 0. The van der Waals surface area contributed by atoms with Crippen LogP contribution in [-0.4, -0.2) is 34.1 Å². The first-order valence-corrected chi connectivity index (χ1v) is 10.7. The SMILES string of the molecule is C=CCN1C(=O)S/C(=C/c2cc(Cl)c(OCc3cccc([N+](=O)[O-])c3)c(OCC)c2)C1=O. The molecule has 166 valence electrons. The molecule has 0 spiro atoms. The van der Waals surface area contributed by atoms with E-state index in [1.54, 1.807) is 37.3 Å². The summed E-state index contributed by atoms with van der Waals surface area (Å²) in [5.74, 6) is 0.221. The molecule has 0 bridgehead atoms. The maximum atomic E-state index is 12.4. The van der Waals surface area contributed by atoms with Crippen LogP contribution in [0.5, 0.6) is 11.5 Å². The van der Waals surface area contributed by atoms with Crippen LogP contribution in [0, 0.1) is 10.1 Å². The summed E-state index contributed by atoms with van der Waals surface area (Å²) in [6.45, 7) is 5.86. The molecule has 1 aliphatic heterocycles. The summed E-state index contributed by atoms with van der Waals surface area (Å²) in [6.07, 6.45) is 3.05. The Bertz CT molecular complexity index is 1120. The molecule has 1 aliphatic rings. The minimum absolute atomic E-state index is 0.0389. The Morgan fingerprint density at radius 2 is 2.03 bits per heavy atom. The first-order valence-electron chi connectivity index (χ1n) is 9.52. The molecule has 0 aromatic heterocycles. The third-order valence-electron chi connectivity index (χ3n) is 4.32. The molecule has 1 heterocycles. The van der Waals surface area contributed by atoms with Crippen LogP contribution in [0.3, 0.4) is 0 Å². The topological polar surface area (TPSA) is 99.0 Å². The van der Waals surface area contributed by atoms with Gasteiger partial charge in [0.05, 0.1) is 21.5 Å². The third-order valence-corrected chi connectivity index (χ3v) is 5.51. The highest BCUT2D eigenvalue weighted by Crippen LogP contribution is 2.39. The van der Waals surface area contributed by atoms with E-state index in [1.165, 1.54) is 18.2 Å². The van der Waals surface area contributed by atoms with Gasteiger partial charge in [-0.2, -0.15) is 0 Å². The van der Waals surface area contributed by atoms with Crippen LogP contribution in [0.4, 0.5) is 10.5 Å². The Hall–Kier alpha value is -3.30. The lowest BCUT2D eigenvalue weighted by atomic mass is 10.1. The van der Waals surface area contributed by atoms with Gasteiger partial charge in [0.2, 0.25) is 0 Å². The molecule has 2 aromatic carbocycles. The fourth-order valence-corrected chi connectivity index (χ4v) is 4.05. The second-order valence-electron chi connectivity index (χ2n) is 6.56. The van der Waals surface area contributed by atoms with Crippen molar-refractivity contribution in [2.24, 2.45) is 0 Å². The molecular weight excluding hydrogens is 456 g/mol. The lowest BCUT2D eigenvalue weighted by Gasteiger charge is -2.15. The number of amides is 2. The number of imide groups is 1. The zero-order chi connectivity index (χ0) is 23.3. The fraction of sp³-hybridized carbons (Fsp3) is 0.182. The van der Waals surface area contributed by atoms with Gasteiger partial charge in [-0.15, -0.1) is 6.58 Å². The van der Waals surface area contributed by atoms with Crippen molar-refractivity contribution in [2.75, 3.05) is 13.2 Å². The van der Waals surface area contributed by atoms with Gasteiger partial charge in [0.1, 0.15) is 6.61 Å². The van der Waals surface area contributed by atoms with Gasteiger partial charge in [-0.05, 0) is 48.0 Å². The summed E-state index contributed by atoms with van der Waals surface area (Å²) in [5.41, 5.74) is 1.12. The number of nitrogens with zero attached hydrogens (tertiary/aromatic N) is 2. The molecule has 10 heteroatoms. The predicted octanol–water partition coefficient (Wildman–Crippen LogP) is 5.45. The largest absolute Gasteiger partial charge is 0.490 e. The van der Waals surface area contributed by atoms with Gasteiger partial charge < -0.3 is 9.47 Å². The molecule has 3 rings (SSSR count). The Kier molecular flexibility index (Phi) is 7.55. The molecule has 0 unspecified atom stereocenters. The quantitative estimate of drug-likeness (QED) is 0.206. The lowest BCUT2D eigenvalue weighted by Crippen LogP contribution is -2.27. The number of carbonyl (C=O) groups excluding carboxylic acids is 2. The number of thioether (sulfide) groups is 1. The van der Waals surface area contributed by atoms with E-state index in [4.69, 9.17) is 21.1 Å². The van der Waals surface area contributed by atoms with Crippen LogP contribution in [0.15, 0.2) is 54.0 Å². The summed E-state index contributed by atoms with van der Waals surface area (Å²) in [5, 5.41) is 10.8. The van der Waals surface area contributed by atoms with Crippen molar-refractivity contribution in [3.63, 3.8) is 0 Å². The smallest absolute Gasteiger partial charge is 0.293 e. The average molecular weight is 475 g/mol. The van der Waals surface area contributed by atoms with Crippen molar-refractivity contribution in [2.45, 2.75) is 13.5 Å². The molecule has 8 nitrogen and oxygen atoms in total. The first kappa shape index (κ1) is 23.4. The minimum atomic E-state index is -0.479. The van der Waals surface area contributed by atoms with E-state index in [-0.39, 0.29) is 39.8 Å². The Morgan fingerprint density at radius 1 is 1.25 bits per heavy atom. The Labute approximate surface area is 193 Å². The summed E-state index contributed by atoms with van der Waals surface area (Å²) in [6, 6.07) is 9.34. The predicted molar refractivity (Wildman–Crippen MR) is 123 cm³/mol. The van der Waals surface area contributed by atoms with Gasteiger partial charge in [0, 0.05) is 18.7 Å². The molecular formula is C22H19ClN2O6S. The van der Waals surface area contributed by atoms with Crippen molar-refractivity contribution in [3.05, 3.63) is 80.2 Å². The molecule has 1 saturated heterocycles. The van der Waals surface area contributed by atoms with E-state index in [0.29, 0.717) is 23.5 Å². The minimum Gasteiger partial charge on any atom is -0.490 e. The van der Waals surface area contributed by atoms with E-state index in [9.17, 15) is 19.7 Å². The number of ether oxygens (including phenoxy) is 2. The number of benzene rings is 2. The van der Waals surface area contributed by atoms with E-state index >= 15 is 0 Å². The van der Waals surface area contributed by atoms with Crippen molar-refractivity contribution in [3.8, 4) is 11.5 Å². The zero-order valence-corrected chi connectivity index (χ0v) is 18.6. The molecule has 2 aromatic rings. The van der Waals surface area contributed by atoms with Gasteiger partial charge in [0.15, 0.2) is 11.5 Å². The number of rotatable bonds is 9. The van der Waals surface area contributed by atoms with Crippen molar-refractivity contribution >= 4 is 46.3 Å². The standard InChI is InChI=1S/C22H19ClN2O6S/c1-3-8-24-21(26)19(32-22(24)27)12-15-10-17(23)20(18(11-15)30-4-2)31-13-14-6-5-7-16(9-14)25(28)29/h3,5-7,9-12H,1,4,8,13H2,2H3/b19-12+. The van der Waals surface area contributed by atoms with Gasteiger partial charge in [-0.1, -0.05) is 29.8 Å². The van der Waals surface area contributed by atoms with E-state index in [0.717, 1.165) is 16.7 Å². The summed E-state index contributed by atoms with van der Waals surface area (Å²) in [7, 11) is 0. The Morgan fingerprint density at radius 3 is 2.72 bits per heavy atom. The second-order valence-corrected chi connectivity index (χ2v) is 7.96. The maximum Gasteiger partial charge on any atom is 0.293 e. The highest BCUT2D eigenvalue weighted by molar-refractivity contribution is 8.18. The van der Waals surface area contributed by atoms with Crippen LogP contribution in [-0.2, 0) is 11.4 Å². The van der Waals surface area contributed by atoms with E-state index < -0.39 is 10.8 Å². The van der Waals surface area contributed by atoms with Gasteiger partial charge >= 0.3 is 0 Å². The molecule has 32 heavy (non-hydrogen) atoms. The molecule has 0 saturated carbocycles. The monoisotopic (exact) mass is 474 g/mol. The number of hydrogen-bond acceptors (Lipinski definition) is 7. The summed E-state index contributed by atoms with van der Waals surface area (Å²) < 4.78 is 11.5. The molecule has 0 N–H and O–H groups in total. The fourth-order valence-electron chi connectivity index (χ4n) is 2.93.